The summed E-state index contributed by atoms with van der Waals surface area (Å²) in [7, 11) is 4.29. The van der Waals surface area contributed by atoms with Crippen molar-refractivity contribution in [2.75, 3.05) is 20.6 Å². The molecule has 3 heteroatoms. The predicted octanol–water partition coefficient (Wildman–Crippen LogP) is 4.55. The fourth-order valence-electron chi connectivity index (χ4n) is 5.62. The van der Waals surface area contributed by atoms with E-state index in [1.54, 1.807) is 5.57 Å². The number of fused-ring (bicyclic) bond motifs is 1. The van der Waals surface area contributed by atoms with E-state index < -0.39 is 0 Å². The van der Waals surface area contributed by atoms with Crippen LogP contribution in [0.5, 0.6) is 0 Å². The molecule has 0 heterocycles. The van der Waals surface area contributed by atoms with Gasteiger partial charge in [-0.2, -0.15) is 0 Å². The van der Waals surface area contributed by atoms with Crippen molar-refractivity contribution in [1.82, 2.24) is 4.90 Å². The summed E-state index contributed by atoms with van der Waals surface area (Å²) in [5.74, 6) is 1.78. The number of allylic oxidation sites excluding steroid dienone is 2. The second-order valence-corrected chi connectivity index (χ2v) is 9.62. The van der Waals surface area contributed by atoms with Crippen molar-refractivity contribution in [2.24, 2.45) is 23.7 Å². The molecule has 0 aromatic carbocycles. The van der Waals surface area contributed by atoms with Gasteiger partial charge in [0, 0.05) is 5.92 Å². The first-order valence-electron chi connectivity index (χ1n) is 11.4. The van der Waals surface area contributed by atoms with Crippen molar-refractivity contribution < 1.29 is 10.2 Å². The molecule has 3 nitrogen and oxygen atoms in total. The van der Waals surface area contributed by atoms with Crippen molar-refractivity contribution in [3.8, 4) is 0 Å². The molecule has 0 aliphatic heterocycles. The Labute approximate surface area is 166 Å². The molecule has 0 amide bonds. The fraction of sp³-hybridized carbons (Fsp3) is 0.833. The minimum atomic E-state index is -0.318. The molecule has 2 fully saturated rings. The Hall–Kier alpha value is -0.640. The molecule has 27 heavy (non-hydrogen) atoms. The summed E-state index contributed by atoms with van der Waals surface area (Å²) in [6.45, 7) is 1.19. The van der Waals surface area contributed by atoms with E-state index in [2.05, 4.69) is 31.1 Å². The number of unbranched alkanes of at least 4 members (excludes halogenated alkanes) is 2. The van der Waals surface area contributed by atoms with Gasteiger partial charge >= 0.3 is 0 Å². The van der Waals surface area contributed by atoms with Crippen LogP contribution in [-0.4, -0.2) is 48.0 Å². The highest BCUT2D eigenvalue weighted by Crippen LogP contribution is 2.48. The second-order valence-electron chi connectivity index (χ2n) is 9.62. The van der Waals surface area contributed by atoms with Crippen LogP contribution < -0.4 is 0 Å². The van der Waals surface area contributed by atoms with E-state index in [4.69, 9.17) is 0 Å². The van der Waals surface area contributed by atoms with Crippen molar-refractivity contribution in [3.05, 3.63) is 23.8 Å². The van der Waals surface area contributed by atoms with Gasteiger partial charge in [0.2, 0.25) is 0 Å². The molecule has 3 aliphatic rings. The van der Waals surface area contributed by atoms with E-state index in [1.807, 2.05) is 6.08 Å². The van der Waals surface area contributed by atoms with Crippen LogP contribution in [0.2, 0.25) is 0 Å². The monoisotopic (exact) mass is 375 g/mol. The van der Waals surface area contributed by atoms with Gasteiger partial charge in [0.15, 0.2) is 0 Å². The van der Waals surface area contributed by atoms with Crippen molar-refractivity contribution >= 4 is 0 Å². The Bertz CT molecular complexity index is 507. The standard InChI is InChI=1S/C24H41NO2/c1-25(2)14-8-4-5-9-18-15-20-17-24(27)21(22(20)16-18)12-13-23(26)19-10-6-3-7-11-19/h12-13,15,19-24,26-27H,3-11,14,16-17H2,1-2H3/b13-12+/t20-,21+,22-,23-,24+/m0/s1. The number of hydrogen-bond donors (Lipinski definition) is 2. The van der Waals surface area contributed by atoms with Gasteiger partial charge < -0.3 is 15.1 Å². The first kappa shape index (κ1) is 21.1. The topological polar surface area (TPSA) is 43.7 Å². The maximum atomic E-state index is 10.5. The molecular formula is C24H41NO2. The number of aliphatic hydroxyl groups is 2. The van der Waals surface area contributed by atoms with Crippen molar-refractivity contribution in [3.63, 3.8) is 0 Å². The zero-order valence-electron chi connectivity index (χ0n) is 17.5. The third-order valence-corrected chi connectivity index (χ3v) is 7.22. The molecule has 0 radical (unpaired) electrons. The maximum absolute atomic E-state index is 10.5. The van der Waals surface area contributed by atoms with Crippen LogP contribution in [0.4, 0.5) is 0 Å². The van der Waals surface area contributed by atoms with Crippen LogP contribution in [0.15, 0.2) is 23.8 Å². The molecule has 0 aromatic rings. The lowest BCUT2D eigenvalue weighted by molar-refractivity contribution is 0.120. The summed E-state index contributed by atoms with van der Waals surface area (Å²) in [5, 5.41) is 21.1. The highest BCUT2D eigenvalue weighted by molar-refractivity contribution is 5.21. The smallest absolute Gasteiger partial charge is 0.0749 e. The lowest BCUT2D eigenvalue weighted by Gasteiger charge is -2.25. The molecule has 0 unspecified atom stereocenters. The second kappa shape index (κ2) is 10.2. The van der Waals surface area contributed by atoms with Crippen LogP contribution in [0.3, 0.4) is 0 Å². The molecule has 3 rings (SSSR count). The molecule has 2 saturated carbocycles. The van der Waals surface area contributed by atoms with Gasteiger partial charge in [0.1, 0.15) is 0 Å². The Balaban J connectivity index is 1.45. The van der Waals surface area contributed by atoms with E-state index >= 15 is 0 Å². The van der Waals surface area contributed by atoms with E-state index in [9.17, 15) is 10.2 Å². The number of nitrogens with zero attached hydrogens (tertiary/aromatic N) is 1. The van der Waals surface area contributed by atoms with Gasteiger partial charge in [-0.1, -0.05) is 49.5 Å². The quantitative estimate of drug-likeness (QED) is 0.459. The molecule has 3 aliphatic carbocycles. The van der Waals surface area contributed by atoms with E-state index in [0.29, 0.717) is 17.8 Å². The molecule has 2 N–H and O–H groups in total. The predicted molar refractivity (Wildman–Crippen MR) is 113 cm³/mol. The van der Waals surface area contributed by atoms with Gasteiger partial charge in [0.05, 0.1) is 12.2 Å². The molecular weight excluding hydrogens is 334 g/mol. The number of hydrogen-bond acceptors (Lipinski definition) is 3. The summed E-state index contributed by atoms with van der Waals surface area (Å²) < 4.78 is 0. The molecule has 0 saturated heterocycles. The molecule has 154 valence electrons. The summed E-state index contributed by atoms with van der Waals surface area (Å²) in [6.07, 6.45) is 19.5. The number of rotatable bonds is 9. The van der Waals surface area contributed by atoms with Crippen LogP contribution in [0.1, 0.15) is 70.6 Å². The molecule has 5 atom stereocenters. The Kier molecular flexibility index (Phi) is 7.98. The SMILES string of the molecule is CN(C)CCCCCC1=C[C@H]2C[C@@H](O)[C@H](/C=C/[C@H](O)C3CCCCC3)[C@H]2C1. The van der Waals surface area contributed by atoms with Crippen LogP contribution >= 0.6 is 0 Å². The van der Waals surface area contributed by atoms with E-state index in [-0.39, 0.29) is 18.1 Å². The molecule has 0 spiro atoms. The average molecular weight is 376 g/mol. The third-order valence-electron chi connectivity index (χ3n) is 7.22. The highest BCUT2D eigenvalue weighted by atomic mass is 16.3. The zero-order chi connectivity index (χ0) is 19.2. The maximum Gasteiger partial charge on any atom is 0.0749 e. The minimum absolute atomic E-state index is 0.229. The zero-order valence-corrected chi connectivity index (χ0v) is 17.5. The summed E-state index contributed by atoms with van der Waals surface area (Å²) >= 11 is 0. The minimum Gasteiger partial charge on any atom is -0.392 e. The van der Waals surface area contributed by atoms with Crippen LogP contribution in [0.25, 0.3) is 0 Å². The highest BCUT2D eigenvalue weighted by Gasteiger charge is 2.43. The van der Waals surface area contributed by atoms with Gasteiger partial charge in [-0.3, -0.25) is 0 Å². The van der Waals surface area contributed by atoms with Crippen molar-refractivity contribution in [2.45, 2.75) is 82.8 Å². The van der Waals surface area contributed by atoms with E-state index in [0.717, 1.165) is 25.7 Å². The lowest BCUT2D eigenvalue weighted by Crippen LogP contribution is -2.22. The Morgan fingerprint density at radius 2 is 1.93 bits per heavy atom. The molecule has 0 bridgehead atoms. The lowest BCUT2D eigenvalue weighted by atomic mass is 9.83. The van der Waals surface area contributed by atoms with Crippen LogP contribution in [0, 0.1) is 23.7 Å². The Morgan fingerprint density at radius 3 is 2.67 bits per heavy atom. The van der Waals surface area contributed by atoms with Gasteiger partial charge in [0.25, 0.3) is 0 Å². The average Bonchev–Trinajstić information content (AvgIpc) is 3.16. The van der Waals surface area contributed by atoms with Crippen molar-refractivity contribution in [1.29, 1.82) is 0 Å². The third kappa shape index (κ3) is 5.92. The Morgan fingerprint density at radius 1 is 1.15 bits per heavy atom. The summed E-state index contributed by atoms with van der Waals surface area (Å²) in [5.41, 5.74) is 1.62. The first-order chi connectivity index (χ1) is 13.0. The largest absolute Gasteiger partial charge is 0.392 e. The fourth-order valence-corrected chi connectivity index (χ4v) is 5.62. The molecule has 0 aromatic heterocycles. The van der Waals surface area contributed by atoms with Gasteiger partial charge in [-0.05, 0) is 83.3 Å². The number of aliphatic hydroxyl groups excluding tert-OH is 2. The van der Waals surface area contributed by atoms with Gasteiger partial charge in [-0.15, -0.1) is 0 Å². The normalized spacial score (nSPS) is 33.0. The summed E-state index contributed by atoms with van der Waals surface area (Å²) in [6, 6.07) is 0. The summed E-state index contributed by atoms with van der Waals surface area (Å²) in [4.78, 5) is 2.26. The van der Waals surface area contributed by atoms with Gasteiger partial charge in [-0.25, -0.2) is 0 Å². The first-order valence-corrected chi connectivity index (χ1v) is 11.4. The van der Waals surface area contributed by atoms with E-state index in [1.165, 1.54) is 51.5 Å². The van der Waals surface area contributed by atoms with Crippen LogP contribution in [-0.2, 0) is 0 Å².